The predicted octanol–water partition coefficient (Wildman–Crippen LogP) is 2.68. The molecular weight excluding hydrogens is 226 g/mol. The first-order valence-corrected chi connectivity index (χ1v) is 5.91. The van der Waals surface area contributed by atoms with Gasteiger partial charge in [0.1, 0.15) is 5.82 Å². The molecule has 0 aliphatic carbocycles. The van der Waals surface area contributed by atoms with Gasteiger partial charge >= 0.3 is 0 Å². The Morgan fingerprint density at radius 1 is 1.06 bits per heavy atom. The molecule has 4 nitrogen and oxygen atoms in total. The Hall–Kier alpha value is -2.10. The molecule has 0 fully saturated rings. The highest BCUT2D eigenvalue weighted by molar-refractivity contribution is 5.28. The minimum Gasteiger partial charge on any atom is -0.384 e. The quantitative estimate of drug-likeness (QED) is 0.751. The van der Waals surface area contributed by atoms with Crippen LogP contribution >= 0.6 is 0 Å². The van der Waals surface area contributed by atoms with Crippen molar-refractivity contribution in [1.82, 2.24) is 9.97 Å². The number of aromatic amines is 1. The van der Waals surface area contributed by atoms with E-state index in [0.29, 0.717) is 5.82 Å². The molecule has 0 unspecified atom stereocenters. The van der Waals surface area contributed by atoms with Gasteiger partial charge in [0.05, 0.1) is 0 Å². The van der Waals surface area contributed by atoms with Crippen molar-refractivity contribution in [2.75, 3.05) is 5.73 Å². The zero-order valence-corrected chi connectivity index (χ0v) is 11.4. The van der Waals surface area contributed by atoms with E-state index >= 15 is 0 Å². The Morgan fingerprint density at radius 2 is 1.67 bits per heavy atom. The average molecular weight is 247 g/mol. The molecule has 0 spiro atoms. The van der Waals surface area contributed by atoms with Crippen LogP contribution in [0.2, 0.25) is 0 Å². The van der Waals surface area contributed by atoms with Gasteiger partial charge in [-0.25, -0.2) is 4.98 Å². The lowest BCUT2D eigenvalue weighted by Gasteiger charge is -1.89. The highest BCUT2D eigenvalue weighted by Gasteiger charge is 1.81. The number of rotatable bonds is 0. The molecule has 18 heavy (non-hydrogen) atoms. The van der Waals surface area contributed by atoms with E-state index in [-0.39, 0.29) is 5.56 Å². The summed E-state index contributed by atoms with van der Waals surface area (Å²) < 4.78 is 0. The summed E-state index contributed by atoms with van der Waals surface area (Å²) in [5, 5.41) is 0. The van der Waals surface area contributed by atoms with E-state index < -0.39 is 0 Å². The second-order valence-corrected chi connectivity index (χ2v) is 3.49. The molecule has 0 bridgehead atoms. The Kier molecular flexibility index (Phi) is 7.94. The number of pyridine rings is 2. The zero-order valence-electron chi connectivity index (χ0n) is 11.4. The van der Waals surface area contributed by atoms with Crippen molar-refractivity contribution in [1.29, 1.82) is 0 Å². The third-order valence-electron chi connectivity index (χ3n) is 1.87. The summed E-state index contributed by atoms with van der Waals surface area (Å²) in [5.74, 6) is 0.579. The molecular formula is C14H21N3O. The first-order valence-electron chi connectivity index (χ1n) is 5.91. The predicted molar refractivity (Wildman–Crippen MR) is 76.5 cm³/mol. The van der Waals surface area contributed by atoms with Crippen LogP contribution in [0.4, 0.5) is 5.82 Å². The van der Waals surface area contributed by atoms with Crippen molar-refractivity contribution in [2.24, 2.45) is 0 Å². The average Bonchev–Trinajstić information content (AvgIpc) is 2.40. The normalized spacial score (nSPS) is 8.44. The lowest BCUT2D eigenvalue weighted by molar-refractivity contribution is 1.20. The smallest absolute Gasteiger partial charge is 0.247 e. The number of aryl methyl sites for hydroxylation is 2. The van der Waals surface area contributed by atoms with Crippen LogP contribution in [0.3, 0.4) is 0 Å². The highest BCUT2D eigenvalue weighted by atomic mass is 16.1. The number of anilines is 1. The number of nitrogens with one attached hydrogen (secondary N) is 1. The third kappa shape index (κ3) is 7.22. The molecule has 4 heteroatoms. The van der Waals surface area contributed by atoms with Gasteiger partial charge in [0.2, 0.25) is 5.56 Å². The van der Waals surface area contributed by atoms with Crippen LogP contribution in [0.15, 0.2) is 41.5 Å². The van der Waals surface area contributed by atoms with E-state index in [4.69, 9.17) is 5.73 Å². The number of aromatic nitrogens is 2. The lowest BCUT2D eigenvalue weighted by Crippen LogP contribution is -2.00. The molecule has 0 saturated heterocycles. The van der Waals surface area contributed by atoms with Crippen LogP contribution in [0, 0.1) is 13.8 Å². The van der Waals surface area contributed by atoms with Gasteiger partial charge in [0.25, 0.3) is 0 Å². The maximum absolute atomic E-state index is 10.4. The van der Waals surface area contributed by atoms with Crippen molar-refractivity contribution >= 4 is 5.82 Å². The Morgan fingerprint density at radius 3 is 2.00 bits per heavy atom. The van der Waals surface area contributed by atoms with Crippen LogP contribution in [0.25, 0.3) is 0 Å². The largest absolute Gasteiger partial charge is 0.384 e. The van der Waals surface area contributed by atoms with Crippen LogP contribution in [0.1, 0.15) is 25.0 Å². The van der Waals surface area contributed by atoms with Crippen LogP contribution in [0.5, 0.6) is 0 Å². The number of hydrogen-bond acceptors (Lipinski definition) is 3. The van der Waals surface area contributed by atoms with Gasteiger partial charge < -0.3 is 10.7 Å². The first kappa shape index (κ1) is 15.9. The fourth-order valence-electron chi connectivity index (χ4n) is 0.968. The SMILES string of the molecule is CC.Cc1ccc(=O)[nH]c1.Cc1ccc(N)nc1. The standard InChI is InChI=1S/C6H8N2.C6H7NO.C2H6/c1-5-2-3-6(7)8-4-5;1-5-2-3-6(8)7-4-5;1-2/h2-4H,1H3,(H2,7,8);2-4H,1H3,(H,7,8);1-2H3. The molecule has 3 N–H and O–H groups in total. The Bertz CT molecular complexity index is 448. The van der Waals surface area contributed by atoms with Crippen molar-refractivity contribution < 1.29 is 0 Å². The minimum atomic E-state index is -0.0457. The monoisotopic (exact) mass is 247 g/mol. The zero-order chi connectivity index (χ0) is 14.0. The number of nitrogens with zero attached hydrogens (tertiary/aromatic N) is 1. The van der Waals surface area contributed by atoms with Gasteiger partial charge in [0, 0.05) is 18.5 Å². The molecule has 0 saturated carbocycles. The second kappa shape index (κ2) is 8.98. The maximum atomic E-state index is 10.4. The van der Waals surface area contributed by atoms with Crippen LogP contribution in [-0.2, 0) is 0 Å². The van der Waals surface area contributed by atoms with Crippen molar-refractivity contribution in [3.63, 3.8) is 0 Å². The molecule has 0 atom stereocenters. The highest BCUT2D eigenvalue weighted by Crippen LogP contribution is 1.97. The summed E-state index contributed by atoms with van der Waals surface area (Å²) in [6.45, 7) is 7.91. The molecule has 0 aliphatic rings. The summed E-state index contributed by atoms with van der Waals surface area (Å²) in [6.07, 6.45) is 3.43. The molecule has 2 rings (SSSR count). The summed E-state index contributed by atoms with van der Waals surface area (Å²) in [6, 6.07) is 7.01. The van der Waals surface area contributed by atoms with E-state index in [2.05, 4.69) is 9.97 Å². The van der Waals surface area contributed by atoms with E-state index in [9.17, 15) is 4.79 Å². The van der Waals surface area contributed by atoms with Crippen LogP contribution < -0.4 is 11.3 Å². The molecule has 2 aromatic heterocycles. The minimum absolute atomic E-state index is 0.0457. The Labute approximate surface area is 108 Å². The Balaban J connectivity index is 0.000000283. The van der Waals surface area contributed by atoms with Crippen molar-refractivity contribution in [3.8, 4) is 0 Å². The fraction of sp³-hybridized carbons (Fsp3) is 0.286. The summed E-state index contributed by atoms with van der Waals surface area (Å²) in [5.41, 5.74) is 7.48. The van der Waals surface area contributed by atoms with Gasteiger partial charge in [0.15, 0.2) is 0 Å². The van der Waals surface area contributed by atoms with Gasteiger partial charge in [-0.3, -0.25) is 4.79 Å². The molecule has 0 radical (unpaired) electrons. The molecule has 0 aliphatic heterocycles. The van der Waals surface area contributed by atoms with Crippen molar-refractivity contribution in [3.05, 3.63) is 58.1 Å². The van der Waals surface area contributed by atoms with Gasteiger partial charge in [-0.2, -0.15) is 0 Å². The van der Waals surface area contributed by atoms with E-state index in [1.165, 1.54) is 6.07 Å². The maximum Gasteiger partial charge on any atom is 0.247 e. The summed E-state index contributed by atoms with van der Waals surface area (Å²) >= 11 is 0. The van der Waals surface area contributed by atoms with Crippen LogP contribution in [-0.4, -0.2) is 9.97 Å². The first-order chi connectivity index (χ1) is 8.58. The molecule has 98 valence electrons. The number of nitrogen functional groups attached to an aromatic ring is 1. The van der Waals surface area contributed by atoms with E-state index in [0.717, 1.165) is 11.1 Å². The molecule has 0 amide bonds. The van der Waals surface area contributed by atoms with Crippen molar-refractivity contribution in [2.45, 2.75) is 27.7 Å². The second-order valence-electron chi connectivity index (χ2n) is 3.49. The topological polar surface area (TPSA) is 71.8 Å². The fourth-order valence-corrected chi connectivity index (χ4v) is 0.968. The number of H-pyrrole nitrogens is 1. The third-order valence-corrected chi connectivity index (χ3v) is 1.87. The molecule has 0 aromatic carbocycles. The lowest BCUT2D eigenvalue weighted by atomic mass is 10.3. The number of hydrogen-bond donors (Lipinski definition) is 2. The number of nitrogens with two attached hydrogens (primary N) is 1. The van der Waals surface area contributed by atoms with Gasteiger partial charge in [-0.05, 0) is 31.0 Å². The summed E-state index contributed by atoms with van der Waals surface area (Å²) in [4.78, 5) is 16.8. The van der Waals surface area contributed by atoms with E-state index in [1.807, 2.05) is 33.8 Å². The van der Waals surface area contributed by atoms with E-state index in [1.54, 1.807) is 24.5 Å². The van der Waals surface area contributed by atoms with Gasteiger partial charge in [-0.15, -0.1) is 0 Å². The summed E-state index contributed by atoms with van der Waals surface area (Å²) in [7, 11) is 0. The molecule has 2 aromatic rings. The van der Waals surface area contributed by atoms with Gasteiger partial charge in [-0.1, -0.05) is 26.0 Å². The molecule has 2 heterocycles.